The Morgan fingerprint density at radius 3 is 2.83 bits per heavy atom. The largest absolute Gasteiger partial charge is 0.497 e. The molecule has 2 rings (SSSR count). The standard InChI is InChI=1S/C18H22N2O3S/c1-22-15-9-10-17(23-2)14(12-15)13-19-20-18(21)8-4-3-6-16-7-5-11-24-16/h5,7,9-13H,3-4,6,8H2,1-2H3,(H,20,21)/b19-13+. The lowest BCUT2D eigenvalue weighted by Gasteiger charge is -2.06. The van der Waals surface area contributed by atoms with E-state index in [1.807, 2.05) is 12.1 Å². The number of hydrogen-bond donors (Lipinski definition) is 1. The van der Waals surface area contributed by atoms with Crippen LogP contribution in [-0.4, -0.2) is 26.3 Å². The highest BCUT2D eigenvalue weighted by atomic mass is 32.1. The molecular formula is C18H22N2O3S. The molecular weight excluding hydrogens is 324 g/mol. The number of thiophene rings is 1. The zero-order valence-electron chi connectivity index (χ0n) is 14.0. The lowest BCUT2D eigenvalue weighted by atomic mass is 10.1. The molecule has 1 amide bonds. The molecule has 0 aliphatic heterocycles. The maximum absolute atomic E-state index is 11.8. The fourth-order valence-electron chi connectivity index (χ4n) is 2.21. The summed E-state index contributed by atoms with van der Waals surface area (Å²) in [6, 6.07) is 9.58. The van der Waals surface area contributed by atoms with Crippen molar-refractivity contribution in [2.24, 2.45) is 5.10 Å². The van der Waals surface area contributed by atoms with Crippen LogP contribution in [0.5, 0.6) is 11.5 Å². The average molecular weight is 346 g/mol. The first kappa shape index (κ1) is 18.0. The zero-order chi connectivity index (χ0) is 17.2. The van der Waals surface area contributed by atoms with Crippen LogP contribution in [0, 0.1) is 0 Å². The lowest BCUT2D eigenvalue weighted by molar-refractivity contribution is -0.121. The number of amides is 1. The second-order valence-corrected chi connectivity index (χ2v) is 6.22. The van der Waals surface area contributed by atoms with Gasteiger partial charge in [0.15, 0.2) is 0 Å². The van der Waals surface area contributed by atoms with E-state index < -0.39 is 0 Å². The van der Waals surface area contributed by atoms with E-state index in [0.29, 0.717) is 17.9 Å². The minimum atomic E-state index is -0.0840. The quantitative estimate of drug-likeness (QED) is 0.428. The van der Waals surface area contributed by atoms with E-state index in [2.05, 4.69) is 22.0 Å². The Balaban J connectivity index is 1.75. The first-order valence-corrected chi connectivity index (χ1v) is 8.67. The molecule has 1 N–H and O–H groups in total. The Hall–Kier alpha value is -2.34. The van der Waals surface area contributed by atoms with Crippen LogP contribution in [0.1, 0.15) is 29.7 Å². The summed E-state index contributed by atoms with van der Waals surface area (Å²) in [5, 5.41) is 6.07. The van der Waals surface area contributed by atoms with E-state index in [9.17, 15) is 4.79 Å². The molecule has 1 aromatic carbocycles. The number of carbonyl (C=O) groups is 1. The molecule has 2 aromatic rings. The smallest absolute Gasteiger partial charge is 0.240 e. The number of benzene rings is 1. The van der Waals surface area contributed by atoms with Gasteiger partial charge in [0.05, 0.1) is 20.4 Å². The summed E-state index contributed by atoms with van der Waals surface area (Å²) in [6.45, 7) is 0. The third-order valence-electron chi connectivity index (χ3n) is 3.49. The topological polar surface area (TPSA) is 59.9 Å². The van der Waals surface area contributed by atoms with E-state index in [1.54, 1.807) is 43.9 Å². The molecule has 0 saturated carbocycles. The number of hydrazone groups is 1. The maximum atomic E-state index is 11.8. The van der Waals surface area contributed by atoms with Crippen LogP contribution < -0.4 is 14.9 Å². The molecule has 24 heavy (non-hydrogen) atoms. The highest BCUT2D eigenvalue weighted by molar-refractivity contribution is 7.09. The molecule has 0 fully saturated rings. The summed E-state index contributed by atoms with van der Waals surface area (Å²) >= 11 is 1.75. The molecule has 0 saturated heterocycles. The molecule has 1 aromatic heterocycles. The van der Waals surface area contributed by atoms with Crippen LogP contribution >= 0.6 is 11.3 Å². The van der Waals surface area contributed by atoms with Gasteiger partial charge in [-0.15, -0.1) is 11.3 Å². The van der Waals surface area contributed by atoms with Gasteiger partial charge in [-0.3, -0.25) is 4.79 Å². The van der Waals surface area contributed by atoms with Crippen molar-refractivity contribution in [1.82, 2.24) is 5.43 Å². The molecule has 6 heteroatoms. The molecule has 0 spiro atoms. The highest BCUT2D eigenvalue weighted by Crippen LogP contribution is 2.22. The third-order valence-corrected chi connectivity index (χ3v) is 4.42. The van der Waals surface area contributed by atoms with Crippen molar-refractivity contribution >= 4 is 23.5 Å². The normalized spacial score (nSPS) is 10.8. The van der Waals surface area contributed by atoms with Crippen LogP contribution in [-0.2, 0) is 11.2 Å². The number of nitrogens with zero attached hydrogens (tertiary/aromatic N) is 1. The Kier molecular flexibility index (Phi) is 7.29. The second-order valence-electron chi connectivity index (χ2n) is 5.19. The SMILES string of the molecule is COc1ccc(OC)c(/C=N/NC(=O)CCCCc2cccs2)c1. The molecule has 0 aliphatic rings. The Bertz CT molecular complexity index is 669. The molecule has 0 atom stereocenters. The van der Waals surface area contributed by atoms with Gasteiger partial charge in [-0.2, -0.15) is 5.10 Å². The van der Waals surface area contributed by atoms with Crippen LogP contribution in [0.15, 0.2) is 40.8 Å². The van der Waals surface area contributed by atoms with Gasteiger partial charge < -0.3 is 9.47 Å². The van der Waals surface area contributed by atoms with Crippen molar-refractivity contribution in [3.05, 3.63) is 46.2 Å². The number of aryl methyl sites for hydroxylation is 1. The number of carbonyl (C=O) groups excluding carboxylic acids is 1. The second kappa shape index (κ2) is 9.72. The fraction of sp³-hybridized carbons (Fsp3) is 0.333. The highest BCUT2D eigenvalue weighted by Gasteiger charge is 2.04. The Labute approximate surface area is 146 Å². The lowest BCUT2D eigenvalue weighted by Crippen LogP contribution is -2.17. The van der Waals surface area contributed by atoms with Crippen molar-refractivity contribution in [2.45, 2.75) is 25.7 Å². The number of methoxy groups -OCH3 is 2. The van der Waals surface area contributed by atoms with E-state index in [-0.39, 0.29) is 5.91 Å². The number of unbranched alkanes of at least 4 members (excludes halogenated alkanes) is 1. The monoisotopic (exact) mass is 346 g/mol. The van der Waals surface area contributed by atoms with Crippen molar-refractivity contribution < 1.29 is 14.3 Å². The average Bonchev–Trinajstić information content (AvgIpc) is 3.12. The molecule has 1 heterocycles. The molecule has 0 aliphatic carbocycles. The van der Waals surface area contributed by atoms with Gasteiger partial charge in [0.25, 0.3) is 0 Å². The minimum Gasteiger partial charge on any atom is -0.497 e. The molecule has 5 nitrogen and oxygen atoms in total. The fourth-order valence-corrected chi connectivity index (χ4v) is 2.96. The first-order valence-electron chi connectivity index (χ1n) is 7.79. The summed E-state index contributed by atoms with van der Waals surface area (Å²) < 4.78 is 10.4. The van der Waals surface area contributed by atoms with E-state index in [1.165, 1.54) is 4.88 Å². The van der Waals surface area contributed by atoms with Crippen LogP contribution in [0.4, 0.5) is 0 Å². The predicted molar refractivity (Wildman–Crippen MR) is 97.2 cm³/mol. The molecule has 0 radical (unpaired) electrons. The molecule has 128 valence electrons. The van der Waals surface area contributed by atoms with Crippen LogP contribution in [0.2, 0.25) is 0 Å². The predicted octanol–water partition coefficient (Wildman–Crippen LogP) is 3.63. The first-order chi connectivity index (χ1) is 11.7. The molecule has 0 bridgehead atoms. The summed E-state index contributed by atoms with van der Waals surface area (Å²) in [7, 11) is 3.19. The van der Waals surface area contributed by atoms with E-state index in [4.69, 9.17) is 9.47 Å². The number of hydrogen-bond acceptors (Lipinski definition) is 5. The van der Waals surface area contributed by atoms with E-state index in [0.717, 1.165) is 24.8 Å². The van der Waals surface area contributed by atoms with Crippen LogP contribution in [0.3, 0.4) is 0 Å². The summed E-state index contributed by atoms with van der Waals surface area (Å²) in [5.74, 6) is 1.29. The van der Waals surface area contributed by atoms with Gasteiger partial charge in [-0.05, 0) is 48.9 Å². The van der Waals surface area contributed by atoms with E-state index >= 15 is 0 Å². The van der Waals surface area contributed by atoms with Gasteiger partial charge in [-0.1, -0.05) is 6.07 Å². The number of rotatable bonds is 9. The summed E-state index contributed by atoms with van der Waals surface area (Å²) in [4.78, 5) is 13.2. The Morgan fingerprint density at radius 1 is 1.25 bits per heavy atom. The van der Waals surface area contributed by atoms with Crippen molar-refractivity contribution in [3.8, 4) is 11.5 Å². The van der Waals surface area contributed by atoms with Crippen molar-refractivity contribution in [3.63, 3.8) is 0 Å². The van der Waals surface area contributed by atoms with Gasteiger partial charge >= 0.3 is 0 Å². The van der Waals surface area contributed by atoms with Gasteiger partial charge in [0.2, 0.25) is 5.91 Å². The maximum Gasteiger partial charge on any atom is 0.240 e. The van der Waals surface area contributed by atoms with Crippen molar-refractivity contribution in [1.29, 1.82) is 0 Å². The summed E-state index contributed by atoms with van der Waals surface area (Å²) in [5.41, 5.74) is 3.30. The van der Waals surface area contributed by atoms with Gasteiger partial charge in [0, 0.05) is 16.9 Å². The minimum absolute atomic E-state index is 0.0840. The van der Waals surface area contributed by atoms with Gasteiger partial charge in [-0.25, -0.2) is 5.43 Å². The number of ether oxygens (including phenoxy) is 2. The zero-order valence-corrected chi connectivity index (χ0v) is 14.8. The van der Waals surface area contributed by atoms with Gasteiger partial charge in [0.1, 0.15) is 11.5 Å². The number of nitrogens with one attached hydrogen (secondary N) is 1. The molecule has 0 unspecified atom stereocenters. The third kappa shape index (κ3) is 5.70. The van der Waals surface area contributed by atoms with Crippen LogP contribution in [0.25, 0.3) is 0 Å². The Morgan fingerprint density at radius 2 is 2.12 bits per heavy atom. The van der Waals surface area contributed by atoms with Crippen molar-refractivity contribution in [2.75, 3.05) is 14.2 Å². The summed E-state index contributed by atoms with van der Waals surface area (Å²) in [6.07, 6.45) is 4.90.